The molecular formula is C14H12F2O. The van der Waals surface area contributed by atoms with Crippen molar-refractivity contribution in [2.75, 3.05) is 0 Å². The van der Waals surface area contributed by atoms with Crippen LogP contribution in [0.4, 0.5) is 8.78 Å². The van der Waals surface area contributed by atoms with Gasteiger partial charge in [-0.25, -0.2) is 8.78 Å². The lowest BCUT2D eigenvalue weighted by molar-refractivity contribution is 0.407. The van der Waals surface area contributed by atoms with Gasteiger partial charge in [-0.2, -0.15) is 0 Å². The van der Waals surface area contributed by atoms with E-state index in [9.17, 15) is 8.78 Å². The summed E-state index contributed by atoms with van der Waals surface area (Å²) in [5, 5.41) is 0. The zero-order valence-electron chi connectivity index (χ0n) is 9.63. The van der Waals surface area contributed by atoms with E-state index < -0.39 is 11.6 Å². The highest BCUT2D eigenvalue weighted by Crippen LogP contribution is 2.28. The number of rotatable bonds is 2. The smallest absolute Gasteiger partial charge is 0.198 e. The summed E-state index contributed by atoms with van der Waals surface area (Å²) in [6.07, 6.45) is 0. The molecule has 0 aromatic heterocycles. The van der Waals surface area contributed by atoms with Gasteiger partial charge in [-0.1, -0.05) is 17.7 Å². The number of benzene rings is 2. The van der Waals surface area contributed by atoms with Gasteiger partial charge >= 0.3 is 0 Å². The van der Waals surface area contributed by atoms with E-state index in [0.717, 1.165) is 5.56 Å². The van der Waals surface area contributed by atoms with Crippen LogP contribution < -0.4 is 4.74 Å². The van der Waals surface area contributed by atoms with Gasteiger partial charge in [-0.15, -0.1) is 0 Å². The predicted octanol–water partition coefficient (Wildman–Crippen LogP) is 4.37. The van der Waals surface area contributed by atoms with Crippen molar-refractivity contribution >= 4 is 0 Å². The van der Waals surface area contributed by atoms with Crippen LogP contribution in [0.3, 0.4) is 0 Å². The van der Waals surface area contributed by atoms with Crippen LogP contribution in [0, 0.1) is 25.5 Å². The molecule has 0 aliphatic rings. The van der Waals surface area contributed by atoms with Crippen LogP contribution in [0.15, 0.2) is 36.4 Å². The minimum absolute atomic E-state index is 0.362. The van der Waals surface area contributed by atoms with E-state index in [-0.39, 0.29) is 5.75 Å². The van der Waals surface area contributed by atoms with Gasteiger partial charge < -0.3 is 4.74 Å². The van der Waals surface area contributed by atoms with Crippen molar-refractivity contribution in [1.82, 2.24) is 0 Å². The number of halogens is 2. The van der Waals surface area contributed by atoms with Gasteiger partial charge in [0.2, 0.25) is 0 Å². The van der Waals surface area contributed by atoms with Crippen molar-refractivity contribution in [2.24, 2.45) is 0 Å². The summed E-state index contributed by atoms with van der Waals surface area (Å²) in [6, 6.07) is 9.47. The second kappa shape index (κ2) is 4.53. The maximum absolute atomic E-state index is 13.5. The third-order valence-corrected chi connectivity index (χ3v) is 2.38. The fourth-order valence-electron chi connectivity index (χ4n) is 1.51. The minimum Gasteiger partial charge on any atom is -0.451 e. The molecule has 1 nitrogen and oxygen atoms in total. The van der Waals surface area contributed by atoms with Crippen molar-refractivity contribution in [3.8, 4) is 11.5 Å². The first kappa shape index (κ1) is 11.6. The Morgan fingerprint density at radius 3 is 1.88 bits per heavy atom. The second-order valence-corrected chi connectivity index (χ2v) is 3.97. The SMILES string of the molecule is Cc1ccc(Oc2c(F)cc(C)cc2F)cc1. The average molecular weight is 234 g/mol. The van der Waals surface area contributed by atoms with Crippen LogP contribution in [0.1, 0.15) is 11.1 Å². The standard InChI is InChI=1S/C14H12F2O/c1-9-3-5-11(6-4-9)17-14-12(15)7-10(2)8-13(14)16/h3-8H,1-2H3. The molecule has 0 aliphatic carbocycles. The van der Waals surface area contributed by atoms with Crippen LogP contribution in [-0.4, -0.2) is 0 Å². The quantitative estimate of drug-likeness (QED) is 0.749. The molecule has 0 unspecified atom stereocenters. The number of aryl methyl sites for hydroxylation is 2. The Bertz CT molecular complexity index is 509. The molecule has 0 atom stereocenters. The van der Waals surface area contributed by atoms with Gasteiger partial charge in [0.05, 0.1) is 0 Å². The Hall–Kier alpha value is -1.90. The Balaban J connectivity index is 2.33. The van der Waals surface area contributed by atoms with E-state index in [1.807, 2.05) is 19.1 Å². The molecule has 2 aromatic rings. The van der Waals surface area contributed by atoms with Gasteiger partial charge in [0, 0.05) is 0 Å². The third kappa shape index (κ3) is 2.61. The molecule has 2 aromatic carbocycles. The number of hydrogen-bond acceptors (Lipinski definition) is 1. The maximum Gasteiger partial charge on any atom is 0.198 e. The maximum atomic E-state index is 13.5. The van der Waals surface area contributed by atoms with Crippen LogP contribution in [0.5, 0.6) is 11.5 Å². The van der Waals surface area contributed by atoms with Crippen LogP contribution >= 0.6 is 0 Å². The van der Waals surface area contributed by atoms with E-state index >= 15 is 0 Å². The Morgan fingerprint density at radius 1 is 0.824 bits per heavy atom. The van der Waals surface area contributed by atoms with Crippen molar-refractivity contribution in [1.29, 1.82) is 0 Å². The van der Waals surface area contributed by atoms with Crippen LogP contribution in [-0.2, 0) is 0 Å². The summed E-state index contributed by atoms with van der Waals surface area (Å²) in [5.41, 5.74) is 1.58. The van der Waals surface area contributed by atoms with Gasteiger partial charge in [-0.3, -0.25) is 0 Å². The third-order valence-electron chi connectivity index (χ3n) is 2.38. The predicted molar refractivity (Wildman–Crippen MR) is 62.3 cm³/mol. The Morgan fingerprint density at radius 2 is 1.35 bits per heavy atom. The van der Waals surface area contributed by atoms with Crippen LogP contribution in [0.25, 0.3) is 0 Å². The second-order valence-electron chi connectivity index (χ2n) is 3.97. The molecule has 3 heteroatoms. The highest BCUT2D eigenvalue weighted by atomic mass is 19.1. The van der Waals surface area contributed by atoms with Crippen molar-refractivity contribution in [3.63, 3.8) is 0 Å². The van der Waals surface area contributed by atoms with Crippen molar-refractivity contribution in [2.45, 2.75) is 13.8 Å². The largest absolute Gasteiger partial charge is 0.451 e. The molecule has 0 aliphatic heterocycles. The first-order valence-electron chi connectivity index (χ1n) is 5.26. The molecular weight excluding hydrogens is 222 g/mol. The van der Waals surface area contributed by atoms with Gasteiger partial charge in [0.1, 0.15) is 5.75 Å². The molecule has 0 spiro atoms. The summed E-state index contributed by atoms with van der Waals surface area (Å²) in [6.45, 7) is 3.55. The van der Waals surface area contributed by atoms with E-state index in [1.165, 1.54) is 12.1 Å². The number of ether oxygens (including phenoxy) is 1. The fraction of sp³-hybridized carbons (Fsp3) is 0.143. The van der Waals surface area contributed by atoms with E-state index in [0.29, 0.717) is 11.3 Å². The molecule has 0 saturated carbocycles. The monoisotopic (exact) mass is 234 g/mol. The first-order valence-corrected chi connectivity index (χ1v) is 5.26. The molecule has 17 heavy (non-hydrogen) atoms. The van der Waals surface area contributed by atoms with Gasteiger partial charge in [0.25, 0.3) is 0 Å². The van der Waals surface area contributed by atoms with Crippen LogP contribution in [0.2, 0.25) is 0 Å². The zero-order chi connectivity index (χ0) is 12.4. The van der Waals surface area contributed by atoms with Crippen molar-refractivity contribution in [3.05, 3.63) is 59.2 Å². The summed E-state index contributed by atoms with van der Waals surface area (Å²) in [7, 11) is 0. The van der Waals surface area contributed by atoms with E-state index in [1.54, 1.807) is 19.1 Å². The molecule has 88 valence electrons. The zero-order valence-corrected chi connectivity index (χ0v) is 9.63. The first-order chi connectivity index (χ1) is 8.06. The van der Waals surface area contributed by atoms with Gasteiger partial charge in [0.15, 0.2) is 17.4 Å². The summed E-state index contributed by atoms with van der Waals surface area (Å²) in [4.78, 5) is 0. The lowest BCUT2D eigenvalue weighted by atomic mass is 10.2. The Kier molecular flexibility index (Phi) is 3.09. The molecule has 0 bridgehead atoms. The molecule has 2 rings (SSSR count). The minimum atomic E-state index is -0.692. The molecule has 0 fully saturated rings. The fourth-order valence-corrected chi connectivity index (χ4v) is 1.51. The summed E-state index contributed by atoms with van der Waals surface area (Å²) in [5.74, 6) is -1.33. The highest BCUT2D eigenvalue weighted by Gasteiger charge is 2.12. The summed E-state index contributed by atoms with van der Waals surface area (Å²) >= 11 is 0. The molecule has 0 radical (unpaired) electrons. The lowest BCUT2D eigenvalue weighted by Gasteiger charge is -2.08. The number of hydrogen-bond donors (Lipinski definition) is 0. The normalized spacial score (nSPS) is 10.4. The Labute approximate surface area is 98.7 Å². The molecule has 0 amide bonds. The van der Waals surface area contributed by atoms with Crippen molar-refractivity contribution < 1.29 is 13.5 Å². The van der Waals surface area contributed by atoms with E-state index in [2.05, 4.69) is 0 Å². The topological polar surface area (TPSA) is 9.23 Å². The lowest BCUT2D eigenvalue weighted by Crippen LogP contribution is -1.93. The highest BCUT2D eigenvalue weighted by molar-refractivity contribution is 5.36. The summed E-state index contributed by atoms with van der Waals surface area (Å²) < 4.78 is 32.2. The average Bonchev–Trinajstić information content (AvgIpc) is 2.26. The molecule has 0 heterocycles. The van der Waals surface area contributed by atoms with E-state index in [4.69, 9.17) is 4.74 Å². The molecule has 0 N–H and O–H groups in total. The molecule has 0 saturated heterocycles. The van der Waals surface area contributed by atoms with Gasteiger partial charge in [-0.05, 0) is 43.7 Å².